The molecular weight excluding hydrogens is 296 g/mol. The third-order valence-electron chi connectivity index (χ3n) is 3.38. The maximum Gasteiger partial charge on any atom is 0.270 e. The molecule has 0 fully saturated rings. The van der Waals surface area contributed by atoms with Gasteiger partial charge in [0.25, 0.3) is 5.69 Å². The lowest BCUT2D eigenvalue weighted by atomic mass is 10.1. The first-order chi connectivity index (χ1) is 10.9. The Bertz CT molecular complexity index is 797. The van der Waals surface area contributed by atoms with Gasteiger partial charge in [-0.1, -0.05) is 12.1 Å². The molecule has 6 heteroatoms. The topological polar surface area (TPSA) is 92.5 Å². The molecule has 6 nitrogen and oxygen atoms in total. The lowest BCUT2D eigenvalue weighted by Crippen LogP contribution is -2.08. The Hall–Kier alpha value is -3.15. The number of amides is 1. The van der Waals surface area contributed by atoms with Crippen LogP contribution < -0.4 is 5.32 Å². The van der Waals surface area contributed by atoms with Gasteiger partial charge in [-0.2, -0.15) is 0 Å². The molecule has 0 heterocycles. The van der Waals surface area contributed by atoms with E-state index in [1.807, 2.05) is 13.8 Å². The van der Waals surface area contributed by atoms with Crippen molar-refractivity contribution in [2.24, 2.45) is 0 Å². The Balaban J connectivity index is 2.12. The van der Waals surface area contributed by atoms with E-state index >= 15 is 0 Å². The Kier molecular flexibility index (Phi) is 4.75. The summed E-state index contributed by atoms with van der Waals surface area (Å²) < 4.78 is 0. The predicted molar refractivity (Wildman–Crippen MR) is 88.3 cm³/mol. The molecule has 23 heavy (non-hydrogen) atoms. The molecule has 2 N–H and O–H groups in total. The van der Waals surface area contributed by atoms with Crippen LogP contribution in [-0.2, 0) is 4.79 Å². The molecule has 2 rings (SSSR count). The number of anilines is 1. The first-order valence-corrected chi connectivity index (χ1v) is 6.90. The first-order valence-electron chi connectivity index (χ1n) is 6.90. The van der Waals surface area contributed by atoms with Crippen LogP contribution >= 0.6 is 0 Å². The van der Waals surface area contributed by atoms with E-state index in [1.165, 1.54) is 24.3 Å². The van der Waals surface area contributed by atoms with Crippen molar-refractivity contribution in [2.45, 2.75) is 13.8 Å². The maximum atomic E-state index is 11.9. The normalized spacial score (nSPS) is 10.7. The number of aryl methyl sites for hydroxylation is 2. The summed E-state index contributed by atoms with van der Waals surface area (Å²) in [5.74, 6) is -0.444. The zero-order valence-corrected chi connectivity index (χ0v) is 12.7. The van der Waals surface area contributed by atoms with E-state index in [1.54, 1.807) is 24.3 Å². The van der Waals surface area contributed by atoms with Crippen LogP contribution in [0.5, 0.6) is 5.75 Å². The fraction of sp³-hybridized carbons (Fsp3) is 0.118. The maximum absolute atomic E-state index is 11.9. The van der Waals surface area contributed by atoms with Gasteiger partial charge in [-0.25, -0.2) is 0 Å². The van der Waals surface area contributed by atoms with Crippen LogP contribution in [0.1, 0.15) is 16.7 Å². The van der Waals surface area contributed by atoms with Crippen LogP contribution in [0.3, 0.4) is 0 Å². The van der Waals surface area contributed by atoms with Gasteiger partial charge in [0.15, 0.2) is 0 Å². The van der Waals surface area contributed by atoms with Crippen molar-refractivity contribution in [3.8, 4) is 5.75 Å². The molecule has 0 saturated heterocycles. The summed E-state index contributed by atoms with van der Waals surface area (Å²) in [7, 11) is 0. The van der Waals surface area contributed by atoms with Gasteiger partial charge < -0.3 is 10.4 Å². The molecular formula is C17H16N2O4. The molecule has 0 radical (unpaired) electrons. The van der Waals surface area contributed by atoms with Crippen molar-refractivity contribution in [1.29, 1.82) is 0 Å². The third-order valence-corrected chi connectivity index (χ3v) is 3.38. The summed E-state index contributed by atoms with van der Waals surface area (Å²) in [6.45, 7) is 3.74. The highest BCUT2D eigenvalue weighted by molar-refractivity contribution is 6.02. The second-order valence-electron chi connectivity index (χ2n) is 5.13. The van der Waals surface area contributed by atoms with Crippen molar-refractivity contribution < 1.29 is 14.8 Å². The van der Waals surface area contributed by atoms with Gasteiger partial charge in [0.1, 0.15) is 5.75 Å². The second-order valence-corrected chi connectivity index (χ2v) is 5.13. The predicted octanol–water partition coefficient (Wildman–Crippen LogP) is 3.57. The van der Waals surface area contributed by atoms with Gasteiger partial charge in [-0.15, -0.1) is 0 Å². The highest BCUT2D eigenvalue weighted by atomic mass is 16.6. The van der Waals surface area contributed by atoms with E-state index < -0.39 is 10.8 Å². The van der Waals surface area contributed by atoms with Gasteiger partial charge >= 0.3 is 0 Å². The second kappa shape index (κ2) is 6.74. The van der Waals surface area contributed by atoms with E-state index in [9.17, 15) is 20.0 Å². The molecule has 0 saturated carbocycles. The minimum absolute atomic E-state index is 0.00908. The molecule has 1 amide bonds. The van der Waals surface area contributed by atoms with E-state index in [0.717, 1.165) is 11.1 Å². The zero-order chi connectivity index (χ0) is 17.0. The SMILES string of the molecule is Cc1cc(O)c(NC(=O)/C=C/c2cccc([N+](=O)[O-])c2)cc1C. The Morgan fingerprint density at radius 1 is 1.22 bits per heavy atom. The number of carbonyl (C=O) groups excluding carboxylic acids is 1. The zero-order valence-electron chi connectivity index (χ0n) is 12.7. The van der Waals surface area contributed by atoms with Gasteiger partial charge in [-0.05, 0) is 48.7 Å². The van der Waals surface area contributed by atoms with Crippen LogP contribution in [0.15, 0.2) is 42.5 Å². The monoisotopic (exact) mass is 312 g/mol. The number of phenols is 1. The van der Waals surface area contributed by atoms with Crippen LogP contribution in [0, 0.1) is 24.0 Å². The van der Waals surface area contributed by atoms with Crippen molar-refractivity contribution in [2.75, 3.05) is 5.32 Å². The smallest absolute Gasteiger partial charge is 0.270 e. The molecule has 0 atom stereocenters. The molecule has 2 aromatic rings. The minimum atomic E-state index is -0.496. The third kappa shape index (κ3) is 4.16. The number of nitrogens with zero attached hydrogens (tertiary/aromatic N) is 1. The average molecular weight is 312 g/mol. The number of aromatic hydroxyl groups is 1. The van der Waals surface area contributed by atoms with Crippen molar-refractivity contribution in [3.05, 3.63) is 69.3 Å². The lowest BCUT2D eigenvalue weighted by Gasteiger charge is -2.08. The number of hydrogen-bond donors (Lipinski definition) is 2. The number of benzene rings is 2. The van der Waals surface area contributed by atoms with E-state index in [2.05, 4.69) is 5.32 Å². The highest BCUT2D eigenvalue weighted by Crippen LogP contribution is 2.26. The molecule has 0 unspecified atom stereocenters. The Morgan fingerprint density at radius 2 is 1.91 bits per heavy atom. The van der Waals surface area contributed by atoms with Gasteiger partial charge in [-0.3, -0.25) is 14.9 Å². The molecule has 2 aromatic carbocycles. The number of carbonyl (C=O) groups is 1. The van der Waals surface area contributed by atoms with Gasteiger partial charge in [0.05, 0.1) is 10.6 Å². The lowest BCUT2D eigenvalue weighted by molar-refractivity contribution is -0.384. The molecule has 0 aliphatic rings. The Morgan fingerprint density at radius 3 is 2.61 bits per heavy atom. The van der Waals surface area contributed by atoms with E-state index in [-0.39, 0.29) is 11.4 Å². The van der Waals surface area contributed by atoms with Crippen molar-refractivity contribution >= 4 is 23.4 Å². The molecule has 0 spiro atoms. The minimum Gasteiger partial charge on any atom is -0.506 e. The van der Waals surface area contributed by atoms with Crippen LogP contribution in [-0.4, -0.2) is 15.9 Å². The number of nitro groups is 1. The quantitative estimate of drug-likeness (QED) is 0.391. The van der Waals surface area contributed by atoms with E-state index in [0.29, 0.717) is 11.3 Å². The summed E-state index contributed by atoms with van der Waals surface area (Å²) in [4.78, 5) is 22.1. The number of nitro benzene ring substituents is 1. The summed E-state index contributed by atoms with van der Waals surface area (Å²) in [5.41, 5.74) is 2.69. The fourth-order valence-corrected chi connectivity index (χ4v) is 1.99. The largest absolute Gasteiger partial charge is 0.506 e. The molecule has 118 valence electrons. The van der Waals surface area contributed by atoms with Crippen LogP contribution in [0.2, 0.25) is 0 Å². The summed E-state index contributed by atoms with van der Waals surface area (Å²) in [6.07, 6.45) is 2.73. The molecule has 0 aliphatic carbocycles. The van der Waals surface area contributed by atoms with Crippen molar-refractivity contribution in [3.63, 3.8) is 0 Å². The van der Waals surface area contributed by atoms with Crippen LogP contribution in [0.25, 0.3) is 6.08 Å². The van der Waals surface area contributed by atoms with Gasteiger partial charge in [0, 0.05) is 18.2 Å². The standard InChI is InChI=1S/C17H16N2O4/c1-11-8-15(16(20)9-12(11)2)18-17(21)7-6-13-4-3-5-14(10-13)19(22)23/h3-10,20H,1-2H3,(H,18,21)/b7-6+. The summed E-state index contributed by atoms with van der Waals surface area (Å²) in [6, 6.07) is 9.22. The molecule has 0 bridgehead atoms. The highest BCUT2D eigenvalue weighted by Gasteiger charge is 2.07. The van der Waals surface area contributed by atoms with E-state index in [4.69, 9.17) is 0 Å². The van der Waals surface area contributed by atoms with Crippen molar-refractivity contribution in [1.82, 2.24) is 0 Å². The number of nitrogens with one attached hydrogen (secondary N) is 1. The summed E-state index contributed by atoms with van der Waals surface area (Å²) in [5, 5.41) is 23.1. The number of non-ortho nitro benzene ring substituents is 1. The van der Waals surface area contributed by atoms with Gasteiger partial charge in [0.2, 0.25) is 5.91 Å². The number of rotatable bonds is 4. The Labute approximate surface area is 133 Å². The fourth-order valence-electron chi connectivity index (χ4n) is 1.99. The summed E-state index contributed by atoms with van der Waals surface area (Å²) >= 11 is 0. The first kappa shape index (κ1) is 16.2. The average Bonchev–Trinajstić information content (AvgIpc) is 2.51. The number of phenolic OH excluding ortho intramolecular Hbond substituents is 1. The molecule has 0 aliphatic heterocycles. The van der Waals surface area contributed by atoms with Crippen LogP contribution in [0.4, 0.5) is 11.4 Å². The number of hydrogen-bond acceptors (Lipinski definition) is 4. The molecule has 0 aromatic heterocycles.